The van der Waals surface area contributed by atoms with Crippen LogP contribution in [-0.4, -0.2) is 12.5 Å². The Morgan fingerprint density at radius 3 is 2.90 bits per heavy atom. The van der Waals surface area contributed by atoms with Gasteiger partial charge in [-0.25, -0.2) is 4.39 Å². The van der Waals surface area contributed by atoms with Crippen LogP contribution in [0.25, 0.3) is 0 Å². The number of halogens is 2. The summed E-state index contributed by atoms with van der Waals surface area (Å²) in [5, 5.41) is 4.61. The molecule has 0 saturated carbocycles. The molecule has 1 heterocycles. The minimum Gasteiger partial charge on any atom is -0.347 e. The van der Waals surface area contributed by atoms with E-state index in [4.69, 9.17) is 5.73 Å². The van der Waals surface area contributed by atoms with Gasteiger partial charge in [-0.15, -0.1) is 11.3 Å². The van der Waals surface area contributed by atoms with Gasteiger partial charge in [-0.2, -0.15) is 0 Å². The number of rotatable bonds is 3. The second-order valence-electron chi connectivity index (χ2n) is 4.07. The maximum absolute atomic E-state index is 13.7. The van der Waals surface area contributed by atoms with E-state index in [0.717, 1.165) is 9.35 Å². The minimum atomic E-state index is -0.573. The van der Waals surface area contributed by atoms with E-state index in [1.807, 2.05) is 11.4 Å². The molecule has 2 aromatic rings. The van der Waals surface area contributed by atoms with Crippen molar-refractivity contribution in [2.24, 2.45) is 5.73 Å². The van der Waals surface area contributed by atoms with Crippen molar-refractivity contribution in [3.8, 4) is 11.8 Å². The topological polar surface area (TPSA) is 55.1 Å². The maximum atomic E-state index is 13.7. The number of amides is 1. The lowest BCUT2D eigenvalue weighted by molar-refractivity contribution is 0.0947. The molecule has 0 radical (unpaired) electrons. The Balaban J connectivity index is 2.13. The Morgan fingerprint density at radius 2 is 2.24 bits per heavy atom. The standard InChI is InChI=1S/C15H12BrFN2OS/c16-12-5-7-21-14(12)9-19-15(20)11-8-10(2-1-6-18)3-4-13(11)17/h3-5,7-8H,6,9,18H2,(H,19,20). The van der Waals surface area contributed by atoms with Gasteiger partial charge in [-0.1, -0.05) is 11.8 Å². The molecule has 0 aliphatic heterocycles. The number of nitrogens with one attached hydrogen (secondary N) is 1. The summed E-state index contributed by atoms with van der Waals surface area (Å²) in [7, 11) is 0. The third kappa shape index (κ3) is 4.14. The largest absolute Gasteiger partial charge is 0.347 e. The Hall–Kier alpha value is -1.68. The zero-order valence-corrected chi connectivity index (χ0v) is 13.4. The summed E-state index contributed by atoms with van der Waals surface area (Å²) in [4.78, 5) is 13.0. The molecule has 0 spiro atoms. The van der Waals surface area contributed by atoms with Gasteiger partial charge in [-0.05, 0) is 45.6 Å². The van der Waals surface area contributed by atoms with Crippen LogP contribution in [0.2, 0.25) is 0 Å². The summed E-state index contributed by atoms with van der Waals surface area (Å²) >= 11 is 4.90. The van der Waals surface area contributed by atoms with E-state index in [9.17, 15) is 9.18 Å². The third-order valence-electron chi connectivity index (χ3n) is 2.65. The van der Waals surface area contributed by atoms with Crippen molar-refractivity contribution in [1.29, 1.82) is 0 Å². The monoisotopic (exact) mass is 366 g/mol. The molecule has 3 N–H and O–H groups in total. The first-order valence-electron chi connectivity index (χ1n) is 6.10. The highest BCUT2D eigenvalue weighted by Gasteiger charge is 2.12. The Bertz CT molecular complexity index is 718. The van der Waals surface area contributed by atoms with Crippen molar-refractivity contribution in [1.82, 2.24) is 5.32 Å². The van der Waals surface area contributed by atoms with Crippen LogP contribution < -0.4 is 11.1 Å². The molecular formula is C15H12BrFN2OS. The Kier molecular flexibility index (Phi) is 5.51. The molecule has 2 rings (SSSR count). The second-order valence-corrected chi connectivity index (χ2v) is 5.93. The number of nitrogens with two attached hydrogens (primary N) is 1. The number of hydrogen-bond donors (Lipinski definition) is 2. The van der Waals surface area contributed by atoms with E-state index in [-0.39, 0.29) is 12.1 Å². The van der Waals surface area contributed by atoms with Crippen LogP contribution in [0.3, 0.4) is 0 Å². The van der Waals surface area contributed by atoms with E-state index in [1.165, 1.54) is 29.5 Å². The molecule has 1 amide bonds. The number of benzene rings is 1. The van der Waals surface area contributed by atoms with Gasteiger partial charge >= 0.3 is 0 Å². The summed E-state index contributed by atoms with van der Waals surface area (Å²) in [6.07, 6.45) is 0. The molecule has 21 heavy (non-hydrogen) atoms. The minimum absolute atomic E-state index is 0.0218. The van der Waals surface area contributed by atoms with Crippen LogP contribution in [0.15, 0.2) is 34.1 Å². The maximum Gasteiger partial charge on any atom is 0.254 e. The predicted molar refractivity (Wildman–Crippen MR) is 85.5 cm³/mol. The van der Waals surface area contributed by atoms with Crippen molar-refractivity contribution < 1.29 is 9.18 Å². The lowest BCUT2D eigenvalue weighted by Gasteiger charge is -2.06. The summed E-state index contributed by atoms with van der Waals surface area (Å²) in [5.41, 5.74) is 5.83. The highest BCUT2D eigenvalue weighted by atomic mass is 79.9. The fourth-order valence-electron chi connectivity index (χ4n) is 1.64. The molecular weight excluding hydrogens is 355 g/mol. The Morgan fingerprint density at radius 1 is 1.43 bits per heavy atom. The predicted octanol–water partition coefficient (Wildman–Crippen LogP) is 2.89. The number of hydrogen-bond acceptors (Lipinski definition) is 3. The molecule has 0 aliphatic rings. The quantitative estimate of drug-likeness (QED) is 0.820. The fraction of sp³-hybridized carbons (Fsp3) is 0.133. The molecule has 0 atom stereocenters. The molecule has 1 aromatic heterocycles. The first-order valence-corrected chi connectivity index (χ1v) is 7.77. The molecule has 3 nitrogen and oxygen atoms in total. The van der Waals surface area contributed by atoms with Gasteiger partial charge in [0.05, 0.1) is 18.7 Å². The molecule has 0 unspecified atom stereocenters. The smallest absolute Gasteiger partial charge is 0.254 e. The summed E-state index contributed by atoms with van der Waals surface area (Å²) in [5.74, 6) is 4.41. The first-order chi connectivity index (χ1) is 10.1. The average Bonchev–Trinajstić information content (AvgIpc) is 2.89. The van der Waals surface area contributed by atoms with Crippen LogP contribution in [0.1, 0.15) is 20.8 Å². The van der Waals surface area contributed by atoms with Gasteiger partial charge in [-0.3, -0.25) is 4.79 Å². The molecule has 0 fully saturated rings. The van der Waals surface area contributed by atoms with Gasteiger partial charge in [0, 0.05) is 14.9 Å². The third-order valence-corrected chi connectivity index (χ3v) is 4.57. The van der Waals surface area contributed by atoms with Crippen LogP contribution in [-0.2, 0) is 6.54 Å². The second kappa shape index (κ2) is 7.36. The van der Waals surface area contributed by atoms with Crippen molar-refractivity contribution in [2.45, 2.75) is 6.54 Å². The fourth-order valence-corrected chi connectivity index (χ4v) is 3.07. The van der Waals surface area contributed by atoms with Crippen LogP contribution in [0, 0.1) is 17.7 Å². The molecule has 6 heteroatoms. The van der Waals surface area contributed by atoms with E-state index >= 15 is 0 Å². The molecule has 108 valence electrons. The molecule has 0 saturated heterocycles. The van der Waals surface area contributed by atoms with Gasteiger partial charge in [0.15, 0.2) is 0 Å². The molecule has 0 bridgehead atoms. The van der Waals surface area contributed by atoms with Crippen LogP contribution in [0.4, 0.5) is 4.39 Å². The summed E-state index contributed by atoms with van der Waals surface area (Å²) in [6.45, 7) is 0.556. The number of thiophene rings is 1. The van der Waals surface area contributed by atoms with Crippen molar-refractivity contribution in [2.75, 3.05) is 6.54 Å². The highest BCUT2D eigenvalue weighted by molar-refractivity contribution is 9.10. The molecule has 1 aromatic carbocycles. The Labute approximate surface area is 134 Å². The van der Waals surface area contributed by atoms with E-state index in [0.29, 0.717) is 12.1 Å². The zero-order valence-electron chi connectivity index (χ0n) is 11.0. The molecule has 0 aliphatic carbocycles. The highest BCUT2D eigenvalue weighted by Crippen LogP contribution is 2.22. The van der Waals surface area contributed by atoms with Gasteiger partial charge in [0.25, 0.3) is 5.91 Å². The van der Waals surface area contributed by atoms with Crippen LogP contribution in [0.5, 0.6) is 0 Å². The SMILES string of the molecule is NCC#Cc1ccc(F)c(C(=O)NCc2sccc2Br)c1. The van der Waals surface area contributed by atoms with Crippen molar-refractivity contribution in [3.63, 3.8) is 0 Å². The van der Waals surface area contributed by atoms with E-state index in [1.54, 1.807) is 0 Å². The van der Waals surface area contributed by atoms with Gasteiger partial charge in [0.1, 0.15) is 5.82 Å². The summed E-state index contributed by atoms with van der Waals surface area (Å²) in [6, 6.07) is 6.08. The lowest BCUT2D eigenvalue weighted by Crippen LogP contribution is -2.23. The van der Waals surface area contributed by atoms with Crippen molar-refractivity contribution in [3.05, 3.63) is 55.9 Å². The number of carbonyl (C=O) groups is 1. The normalized spacial score (nSPS) is 9.86. The van der Waals surface area contributed by atoms with E-state index in [2.05, 4.69) is 33.1 Å². The summed E-state index contributed by atoms with van der Waals surface area (Å²) < 4.78 is 14.7. The first kappa shape index (κ1) is 15.7. The number of carbonyl (C=O) groups excluding carboxylic acids is 1. The van der Waals surface area contributed by atoms with Crippen molar-refractivity contribution >= 4 is 33.2 Å². The average molecular weight is 367 g/mol. The van der Waals surface area contributed by atoms with Crippen LogP contribution >= 0.6 is 27.3 Å². The zero-order chi connectivity index (χ0) is 15.2. The lowest BCUT2D eigenvalue weighted by atomic mass is 10.1. The van der Waals surface area contributed by atoms with Gasteiger partial charge in [0.2, 0.25) is 0 Å². The van der Waals surface area contributed by atoms with Gasteiger partial charge < -0.3 is 11.1 Å². The van der Waals surface area contributed by atoms with E-state index < -0.39 is 11.7 Å².